The van der Waals surface area contributed by atoms with Crippen molar-refractivity contribution in [3.63, 3.8) is 0 Å². The summed E-state index contributed by atoms with van der Waals surface area (Å²) >= 11 is 0. The van der Waals surface area contributed by atoms with Crippen molar-refractivity contribution >= 4 is 17.6 Å². The van der Waals surface area contributed by atoms with E-state index in [1.165, 1.54) is 7.11 Å². The predicted octanol–water partition coefficient (Wildman–Crippen LogP) is 2.04. The molecule has 1 N–H and O–H groups in total. The van der Waals surface area contributed by atoms with E-state index in [2.05, 4.69) is 14.9 Å². The number of nitrogens with one attached hydrogen (secondary N) is 1. The summed E-state index contributed by atoms with van der Waals surface area (Å²) < 4.78 is 4.56. The second-order valence-electron chi connectivity index (χ2n) is 3.99. The molecule has 0 bridgehead atoms. The maximum absolute atomic E-state index is 11.2. The van der Waals surface area contributed by atoms with Crippen LogP contribution in [0.5, 0.6) is 0 Å². The molecule has 0 aliphatic rings. The summed E-state index contributed by atoms with van der Waals surface area (Å²) in [5.74, 6) is -0.517. The first-order valence-corrected chi connectivity index (χ1v) is 5.94. The van der Waals surface area contributed by atoms with E-state index in [0.29, 0.717) is 12.1 Å². The molecule has 0 atom stereocenters. The molecule has 100 valence electrons. The highest BCUT2D eigenvalue weighted by atomic mass is 16.5. The van der Waals surface area contributed by atoms with Gasteiger partial charge in [0.2, 0.25) is 0 Å². The lowest BCUT2D eigenvalue weighted by Gasteiger charge is -2.04. The van der Waals surface area contributed by atoms with Gasteiger partial charge in [-0.3, -0.25) is 9.59 Å². The Morgan fingerprint density at radius 2 is 2.00 bits per heavy atom. The van der Waals surface area contributed by atoms with Crippen LogP contribution in [0.4, 0.5) is 5.69 Å². The van der Waals surface area contributed by atoms with Gasteiger partial charge in [0, 0.05) is 12.1 Å². The number of methoxy groups -OCH3 is 1. The van der Waals surface area contributed by atoms with Gasteiger partial charge in [-0.2, -0.15) is 0 Å². The van der Waals surface area contributed by atoms with Gasteiger partial charge in [-0.15, -0.1) is 0 Å². The third-order valence-electron chi connectivity index (χ3n) is 2.53. The maximum Gasteiger partial charge on any atom is 0.305 e. The van der Waals surface area contributed by atoms with E-state index in [1.807, 2.05) is 12.1 Å². The molecule has 0 heterocycles. The summed E-state index contributed by atoms with van der Waals surface area (Å²) in [6.45, 7) is 6.42. The van der Waals surface area contributed by atoms with Crippen molar-refractivity contribution in [1.29, 1.82) is 0 Å². The number of ether oxygens (including phenoxy) is 1. The number of hydrogen-bond acceptors (Lipinski definition) is 3. The molecule has 1 rings (SSSR count). The maximum atomic E-state index is 11.2. The van der Waals surface area contributed by atoms with Crippen LogP contribution in [-0.4, -0.2) is 25.5 Å². The fraction of sp³-hybridized carbons (Fsp3) is 0.357. The number of carbonyl (C=O) groups is 2. The summed E-state index contributed by atoms with van der Waals surface area (Å²) in [4.78, 5) is 25.2. The Hall–Kier alpha value is -2.35. The van der Waals surface area contributed by atoms with Crippen molar-refractivity contribution in [2.24, 2.45) is 0 Å². The molecule has 0 spiro atoms. The van der Waals surface area contributed by atoms with Gasteiger partial charge in [-0.25, -0.2) is 6.57 Å². The fourth-order valence-corrected chi connectivity index (χ4v) is 1.57. The molecular weight excluding hydrogens is 244 g/mol. The van der Waals surface area contributed by atoms with Gasteiger partial charge < -0.3 is 14.9 Å². The monoisotopic (exact) mass is 260 g/mol. The van der Waals surface area contributed by atoms with E-state index in [0.717, 1.165) is 18.4 Å². The zero-order valence-electron chi connectivity index (χ0n) is 10.8. The van der Waals surface area contributed by atoms with Gasteiger partial charge in [0.1, 0.15) is 0 Å². The Labute approximate surface area is 112 Å². The van der Waals surface area contributed by atoms with Crippen molar-refractivity contribution < 1.29 is 14.3 Å². The molecule has 19 heavy (non-hydrogen) atoms. The highest BCUT2D eigenvalue weighted by Gasteiger charge is 2.04. The van der Waals surface area contributed by atoms with E-state index in [9.17, 15) is 9.59 Å². The number of amides is 1. The molecule has 1 amide bonds. The zero-order valence-corrected chi connectivity index (χ0v) is 10.8. The van der Waals surface area contributed by atoms with Crippen molar-refractivity contribution in [1.82, 2.24) is 0 Å². The van der Waals surface area contributed by atoms with Crippen LogP contribution in [0.2, 0.25) is 0 Å². The van der Waals surface area contributed by atoms with Crippen LogP contribution in [0, 0.1) is 6.57 Å². The van der Waals surface area contributed by atoms with Crippen LogP contribution in [0.15, 0.2) is 24.3 Å². The highest BCUT2D eigenvalue weighted by molar-refractivity contribution is 5.93. The molecule has 0 aliphatic carbocycles. The molecular formula is C14H16N2O3. The molecule has 1 aromatic rings. The first-order valence-electron chi connectivity index (χ1n) is 5.94. The van der Waals surface area contributed by atoms with Crippen molar-refractivity contribution in [2.75, 3.05) is 19.0 Å². The van der Waals surface area contributed by atoms with Crippen molar-refractivity contribution in [2.45, 2.75) is 19.3 Å². The minimum atomic E-state index is -0.312. The van der Waals surface area contributed by atoms with Crippen LogP contribution in [0.1, 0.15) is 18.4 Å². The number of anilines is 1. The van der Waals surface area contributed by atoms with E-state index >= 15 is 0 Å². The van der Waals surface area contributed by atoms with Crippen LogP contribution < -0.4 is 5.32 Å². The second kappa shape index (κ2) is 7.88. The molecule has 0 aliphatic heterocycles. The molecule has 0 saturated carbocycles. The molecule has 0 fully saturated rings. The van der Waals surface area contributed by atoms with Gasteiger partial charge >= 0.3 is 11.9 Å². The normalized spacial score (nSPS) is 9.47. The minimum absolute atomic E-state index is 0.166. The Morgan fingerprint density at radius 3 is 2.58 bits per heavy atom. The Kier molecular flexibility index (Phi) is 6.10. The highest BCUT2D eigenvalue weighted by Crippen LogP contribution is 2.12. The summed E-state index contributed by atoms with van der Waals surface area (Å²) in [5.41, 5.74) is 1.76. The van der Waals surface area contributed by atoms with Crippen LogP contribution in [0.25, 0.3) is 4.85 Å². The summed E-state index contributed by atoms with van der Waals surface area (Å²) in [5, 5.41) is 2.63. The average Bonchev–Trinajstić information content (AvgIpc) is 2.41. The second-order valence-corrected chi connectivity index (χ2v) is 3.99. The van der Waals surface area contributed by atoms with E-state index < -0.39 is 0 Å². The van der Waals surface area contributed by atoms with Gasteiger partial charge in [-0.05, 0) is 30.5 Å². The Bertz CT molecular complexity index is 474. The third kappa shape index (κ3) is 5.68. The summed E-state index contributed by atoms with van der Waals surface area (Å²) in [7, 11) is 1.38. The van der Waals surface area contributed by atoms with Gasteiger partial charge in [0.15, 0.2) is 0 Å². The number of carbonyl (C=O) groups excluding carboxylic acids is 2. The summed E-state index contributed by atoms with van der Waals surface area (Å²) in [6.07, 6.45) is 1.92. The van der Waals surface area contributed by atoms with Crippen molar-refractivity contribution in [3.05, 3.63) is 41.2 Å². The molecule has 5 heteroatoms. The lowest BCUT2D eigenvalue weighted by molar-refractivity contribution is -0.140. The first-order chi connectivity index (χ1) is 9.15. The SMILES string of the molecule is [C-]#[N+]CC(=O)Nc1ccc(CCCC(=O)OC)cc1. The fourth-order valence-electron chi connectivity index (χ4n) is 1.57. The van der Waals surface area contributed by atoms with Crippen LogP contribution in [-0.2, 0) is 20.7 Å². The Balaban J connectivity index is 2.41. The number of nitrogens with zero attached hydrogens (tertiary/aromatic N) is 1. The number of rotatable bonds is 6. The van der Waals surface area contributed by atoms with E-state index in [-0.39, 0.29) is 18.4 Å². The lowest BCUT2D eigenvalue weighted by Crippen LogP contribution is -2.13. The molecule has 0 radical (unpaired) electrons. The number of hydrogen-bond donors (Lipinski definition) is 1. The van der Waals surface area contributed by atoms with Gasteiger partial charge in [-0.1, -0.05) is 12.1 Å². The Morgan fingerprint density at radius 1 is 1.32 bits per heavy atom. The molecule has 0 saturated heterocycles. The number of benzene rings is 1. The lowest BCUT2D eigenvalue weighted by atomic mass is 10.1. The van der Waals surface area contributed by atoms with E-state index in [1.54, 1.807) is 12.1 Å². The number of esters is 1. The zero-order chi connectivity index (χ0) is 14.1. The predicted molar refractivity (Wildman–Crippen MR) is 71.5 cm³/mol. The average molecular weight is 260 g/mol. The van der Waals surface area contributed by atoms with E-state index in [4.69, 9.17) is 6.57 Å². The van der Waals surface area contributed by atoms with Gasteiger partial charge in [0.25, 0.3) is 6.54 Å². The quantitative estimate of drug-likeness (QED) is 0.629. The van der Waals surface area contributed by atoms with Crippen LogP contribution >= 0.6 is 0 Å². The molecule has 5 nitrogen and oxygen atoms in total. The largest absolute Gasteiger partial charge is 0.469 e. The molecule has 0 aromatic heterocycles. The standard InChI is InChI=1S/C14H16N2O3/c1-15-10-13(17)16-12-8-6-11(7-9-12)4-3-5-14(18)19-2/h6-9H,3-5,10H2,2H3,(H,16,17). The first kappa shape index (κ1) is 14.7. The summed E-state index contributed by atoms with van der Waals surface area (Å²) in [6, 6.07) is 7.36. The topological polar surface area (TPSA) is 59.8 Å². The minimum Gasteiger partial charge on any atom is -0.469 e. The molecule has 1 aromatic carbocycles. The van der Waals surface area contributed by atoms with Gasteiger partial charge in [0.05, 0.1) is 7.11 Å². The number of aryl methyl sites for hydroxylation is 1. The smallest absolute Gasteiger partial charge is 0.305 e. The molecule has 0 unspecified atom stereocenters. The third-order valence-corrected chi connectivity index (χ3v) is 2.53. The van der Waals surface area contributed by atoms with Crippen molar-refractivity contribution in [3.8, 4) is 0 Å². The van der Waals surface area contributed by atoms with Crippen LogP contribution in [0.3, 0.4) is 0 Å².